The number of hydrogen-bond donors (Lipinski definition) is 0. The Morgan fingerprint density at radius 2 is 0.674 bits per heavy atom. The third kappa shape index (κ3) is 7.47. The molecule has 0 N–H and O–H groups in total. The fourth-order valence-electron chi connectivity index (χ4n) is 5.36. The summed E-state index contributed by atoms with van der Waals surface area (Å²) in [5.74, 6) is 0. The van der Waals surface area contributed by atoms with Crippen LogP contribution in [0.15, 0.2) is 168 Å². The van der Waals surface area contributed by atoms with Gasteiger partial charge in [-0.15, -0.1) is 0 Å². The second-order valence-corrected chi connectivity index (χ2v) is 15.8. The standard InChI is InChI=1S/C38H32O4P2S2/c1-39-41-45-35-27-15-25-33(43(29-17-7-3-8-18-29)30-19-9-4-10-20-30)37(35)38-34(26-16-28-36(38)46-42-40-2)44(31-21-11-5-12-22-31)32-23-13-6-14-24-32/h3-28H,1-2H3. The van der Waals surface area contributed by atoms with Gasteiger partial charge in [-0.1, -0.05) is 146 Å². The zero-order chi connectivity index (χ0) is 31.6. The maximum Gasteiger partial charge on any atom is 0.0725 e. The van der Waals surface area contributed by atoms with E-state index in [0.717, 1.165) is 20.9 Å². The molecule has 0 heterocycles. The van der Waals surface area contributed by atoms with E-state index >= 15 is 0 Å². The normalized spacial score (nSPS) is 11.3. The predicted molar refractivity (Wildman–Crippen MR) is 197 cm³/mol. The van der Waals surface area contributed by atoms with Gasteiger partial charge in [0.25, 0.3) is 0 Å². The molecule has 230 valence electrons. The SMILES string of the molecule is COOSc1cccc(P(c2ccccc2)c2ccccc2)c1-c1c(SOOC)cccc1P(c1ccccc1)c1ccccc1. The molecule has 0 unspecified atom stereocenters. The third-order valence-corrected chi connectivity index (χ3v) is 13.6. The van der Waals surface area contributed by atoms with Gasteiger partial charge in [0, 0.05) is 20.9 Å². The van der Waals surface area contributed by atoms with E-state index in [9.17, 15) is 0 Å². The minimum atomic E-state index is -0.971. The molecule has 4 nitrogen and oxygen atoms in total. The van der Waals surface area contributed by atoms with Gasteiger partial charge in [-0.05, 0) is 59.8 Å². The van der Waals surface area contributed by atoms with Gasteiger partial charge >= 0.3 is 0 Å². The summed E-state index contributed by atoms with van der Waals surface area (Å²) in [7, 11) is 1.12. The summed E-state index contributed by atoms with van der Waals surface area (Å²) < 4.78 is 11.2. The molecule has 0 radical (unpaired) electrons. The van der Waals surface area contributed by atoms with Crippen molar-refractivity contribution in [3.8, 4) is 11.1 Å². The van der Waals surface area contributed by atoms with Gasteiger partial charge in [-0.2, -0.15) is 8.67 Å². The number of benzene rings is 6. The quantitative estimate of drug-likeness (QED) is 0.0533. The first kappa shape index (κ1) is 32.7. The van der Waals surface area contributed by atoms with Gasteiger partial charge < -0.3 is 0 Å². The molecular weight excluding hydrogens is 646 g/mol. The van der Waals surface area contributed by atoms with E-state index in [1.807, 2.05) is 0 Å². The average Bonchev–Trinajstić information content (AvgIpc) is 3.12. The highest BCUT2D eigenvalue weighted by molar-refractivity contribution is 7.95. The van der Waals surface area contributed by atoms with Gasteiger partial charge in [0.05, 0.1) is 38.3 Å². The van der Waals surface area contributed by atoms with Crippen molar-refractivity contribution in [2.75, 3.05) is 14.2 Å². The zero-order valence-corrected chi connectivity index (χ0v) is 28.8. The Labute approximate surface area is 281 Å². The zero-order valence-electron chi connectivity index (χ0n) is 25.4. The Bertz CT molecular complexity index is 1610. The van der Waals surface area contributed by atoms with Crippen LogP contribution < -0.4 is 31.8 Å². The van der Waals surface area contributed by atoms with Crippen LogP contribution in [0, 0.1) is 0 Å². The molecule has 0 spiro atoms. The molecule has 0 fully saturated rings. The minimum Gasteiger partial charge on any atom is -0.227 e. The van der Waals surface area contributed by atoms with Crippen molar-refractivity contribution < 1.29 is 18.4 Å². The highest BCUT2D eigenvalue weighted by Gasteiger charge is 2.29. The molecule has 0 amide bonds. The second-order valence-electron chi connectivity index (χ2n) is 9.95. The van der Waals surface area contributed by atoms with E-state index in [4.69, 9.17) is 18.4 Å². The van der Waals surface area contributed by atoms with Gasteiger partial charge in [0.2, 0.25) is 0 Å². The first-order valence-electron chi connectivity index (χ1n) is 14.6. The lowest BCUT2D eigenvalue weighted by molar-refractivity contribution is -0.160. The highest BCUT2D eigenvalue weighted by atomic mass is 32.2. The summed E-state index contributed by atoms with van der Waals surface area (Å²) in [6.45, 7) is 0. The summed E-state index contributed by atoms with van der Waals surface area (Å²) in [4.78, 5) is 12.2. The first-order chi connectivity index (χ1) is 22.8. The van der Waals surface area contributed by atoms with E-state index in [-0.39, 0.29) is 0 Å². The topological polar surface area (TPSA) is 36.9 Å². The van der Waals surface area contributed by atoms with Gasteiger partial charge in [-0.3, -0.25) is 0 Å². The van der Waals surface area contributed by atoms with E-state index < -0.39 is 15.8 Å². The lowest BCUT2D eigenvalue weighted by atomic mass is 10.1. The number of hydrogen-bond acceptors (Lipinski definition) is 6. The van der Waals surface area contributed by atoms with Crippen LogP contribution in [0.1, 0.15) is 0 Å². The maximum atomic E-state index is 5.58. The summed E-state index contributed by atoms with van der Waals surface area (Å²) >= 11 is 2.44. The van der Waals surface area contributed by atoms with Crippen LogP contribution in [-0.4, -0.2) is 14.2 Å². The van der Waals surface area contributed by atoms with Gasteiger partial charge in [0.15, 0.2) is 0 Å². The van der Waals surface area contributed by atoms with Crippen molar-refractivity contribution in [3.63, 3.8) is 0 Å². The molecule has 0 aliphatic carbocycles. The molecule has 6 aromatic rings. The fourth-order valence-corrected chi connectivity index (χ4v) is 11.6. The molecule has 8 heteroatoms. The van der Waals surface area contributed by atoms with Crippen LogP contribution in [-0.2, 0) is 18.4 Å². The molecule has 46 heavy (non-hydrogen) atoms. The van der Waals surface area contributed by atoms with E-state index in [1.165, 1.54) is 70.1 Å². The molecule has 0 aromatic heterocycles. The van der Waals surface area contributed by atoms with Crippen molar-refractivity contribution >= 4 is 71.8 Å². The molecule has 0 atom stereocenters. The Hall–Kier alpha value is -3.28. The van der Waals surface area contributed by atoms with Crippen LogP contribution in [0.5, 0.6) is 0 Å². The Morgan fingerprint density at radius 3 is 0.957 bits per heavy atom. The fraction of sp³-hybridized carbons (Fsp3) is 0.0526. The van der Waals surface area contributed by atoms with Crippen LogP contribution in [0.3, 0.4) is 0 Å². The molecule has 0 aliphatic heterocycles. The lowest BCUT2D eigenvalue weighted by Crippen LogP contribution is -2.26. The maximum absolute atomic E-state index is 5.58. The lowest BCUT2D eigenvalue weighted by Gasteiger charge is -2.28. The Balaban J connectivity index is 1.70. The minimum absolute atomic E-state index is 0.946. The molecule has 0 aliphatic rings. The molecule has 0 bridgehead atoms. The molecule has 0 saturated carbocycles. The monoisotopic (exact) mass is 678 g/mol. The summed E-state index contributed by atoms with van der Waals surface area (Å²) in [6, 6.07) is 56.0. The first-order valence-corrected chi connectivity index (χ1v) is 18.8. The van der Waals surface area contributed by atoms with Crippen molar-refractivity contribution in [2.45, 2.75) is 9.79 Å². The van der Waals surface area contributed by atoms with Crippen LogP contribution >= 0.6 is 39.9 Å². The average molecular weight is 679 g/mol. The summed E-state index contributed by atoms with van der Waals surface area (Å²) in [5, 5.41) is 7.45. The van der Waals surface area contributed by atoms with E-state index in [2.05, 4.69) is 158 Å². The Kier molecular flexibility index (Phi) is 11.7. The van der Waals surface area contributed by atoms with E-state index in [1.54, 1.807) is 0 Å². The number of rotatable bonds is 13. The van der Waals surface area contributed by atoms with Crippen LogP contribution in [0.4, 0.5) is 0 Å². The third-order valence-electron chi connectivity index (χ3n) is 7.18. The van der Waals surface area contributed by atoms with Crippen molar-refractivity contribution in [1.29, 1.82) is 0 Å². The summed E-state index contributed by atoms with van der Waals surface area (Å²) in [6.07, 6.45) is 0. The van der Waals surface area contributed by atoms with Crippen molar-refractivity contribution in [3.05, 3.63) is 158 Å². The molecule has 0 saturated heterocycles. The van der Waals surface area contributed by atoms with Crippen LogP contribution in [0.2, 0.25) is 0 Å². The van der Waals surface area contributed by atoms with Gasteiger partial charge in [0.1, 0.15) is 0 Å². The molecule has 6 rings (SSSR count). The van der Waals surface area contributed by atoms with E-state index in [0.29, 0.717) is 0 Å². The summed E-state index contributed by atoms with van der Waals surface area (Å²) in [5.41, 5.74) is 2.17. The van der Waals surface area contributed by atoms with Crippen molar-refractivity contribution in [1.82, 2.24) is 0 Å². The van der Waals surface area contributed by atoms with Crippen molar-refractivity contribution in [2.24, 2.45) is 0 Å². The second kappa shape index (κ2) is 16.5. The van der Waals surface area contributed by atoms with Crippen LogP contribution in [0.25, 0.3) is 11.1 Å². The molecule has 6 aromatic carbocycles. The smallest absolute Gasteiger partial charge is 0.0725 e. The Morgan fingerprint density at radius 1 is 0.370 bits per heavy atom. The largest absolute Gasteiger partial charge is 0.227 e. The predicted octanol–water partition coefficient (Wildman–Crippen LogP) is 8.04. The molecular formula is C38H32O4P2S2. The highest BCUT2D eigenvalue weighted by Crippen LogP contribution is 2.47. The van der Waals surface area contributed by atoms with Gasteiger partial charge in [-0.25, -0.2) is 9.78 Å².